The van der Waals surface area contributed by atoms with Crippen LogP contribution in [-0.4, -0.2) is 23.7 Å². The molecule has 286 valence electrons. The van der Waals surface area contributed by atoms with Crippen LogP contribution in [0.2, 0.25) is 0 Å². The van der Waals surface area contributed by atoms with Crippen LogP contribution >= 0.6 is 0 Å². The fourth-order valence-corrected chi connectivity index (χ4v) is 9.23. The van der Waals surface area contributed by atoms with Gasteiger partial charge in [0.15, 0.2) is 0 Å². The zero-order valence-corrected chi connectivity index (χ0v) is 35.6. The summed E-state index contributed by atoms with van der Waals surface area (Å²) in [5.74, 6) is 2.37. The second-order valence-corrected chi connectivity index (χ2v) is 17.8. The summed E-state index contributed by atoms with van der Waals surface area (Å²) in [7, 11) is 0. The van der Waals surface area contributed by atoms with E-state index in [1.807, 2.05) is 24.5 Å². The van der Waals surface area contributed by atoms with Crippen LogP contribution in [0.4, 0.5) is 0 Å². The molecule has 0 aliphatic carbocycles. The normalized spacial score (nSPS) is 12.2. The summed E-state index contributed by atoms with van der Waals surface area (Å²) < 4.78 is 14.9. The molecule has 5 aromatic carbocycles. The van der Waals surface area contributed by atoms with Gasteiger partial charge in [0.05, 0.1) is 0 Å². The van der Waals surface area contributed by atoms with Crippen LogP contribution in [0.1, 0.15) is 58.2 Å². The van der Waals surface area contributed by atoms with E-state index < -0.39 is 0 Å². The van der Waals surface area contributed by atoms with E-state index in [0.29, 0.717) is 0 Å². The first kappa shape index (κ1) is 36.8. The number of hydrogen-bond donors (Lipinski definition) is 0. The van der Waals surface area contributed by atoms with Crippen molar-refractivity contribution in [3.63, 3.8) is 0 Å². The van der Waals surface area contributed by atoms with Gasteiger partial charge in [0, 0.05) is 29.7 Å². The van der Waals surface area contributed by atoms with E-state index in [-0.39, 0.29) is 10.8 Å². The predicted octanol–water partition coefficient (Wildman–Crippen LogP) is 12.7. The Morgan fingerprint density at radius 3 is 1.89 bits per heavy atom. The number of aryl methyl sites for hydroxylation is 1. The number of para-hydroxylation sites is 4. The molecule has 0 bridgehead atoms. The maximum absolute atomic E-state index is 6.74. The Hall–Kier alpha value is -5.84. The number of imidazole rings is 1. The first-order chi connectivity index (χ1) is 27.4. The zero-order valence-electron chi connectivity index (χ0n) is 33.3. The van der Waals surface area contributed by atoms with E-state index in [4.69, 9.17) is 9.72 Å². The quantitative estimate of drug-likeness (QED) is 0.167. The predicted molar refractivity (Wildman–Crippen MR) is 230 cm³/mol. The number of benzene rings is 5. The van der Waals surface area contributed by atoms with Gasteiger partial charge >= 0.3 is 275 Å². The van der Waals surface area contributed by atoms with Crippen molar-refractivity contribution < 1.29 is 24.1 Å². The molecule has 6 nitrogen and oxygen atoms in total. The second-order valence-electron chi connectivity index (χ2n) is 16.8. The van der Waals surface area contributed by atoms with E-state index in [9.17, 15) is 0 Å². The van der Waals surface area contributed by atoms with Gasteiger partial charge in [-0.25, -0.2) is 0 Å². The molecule has 0 radical (unpaired) electrons. The summed E-state index contributed by atoms with van der Waals surface area (Å²) in [6, 6.07) is 45.0. The topological polar surface area (TPSA) is 49.8 Å². The molecular weight excluding hydrogens is 882 g/mol. The Labute approximate surface area is 344 Å². The van der Waals surface area contributed by atoms with Crippen molar-refractivity contribution in [3.05, 3.63) is 166 Å². The Balaban J connectivity index is 1.15. The number of pyridine rings is 2. The van der Waals surface area contributed by atoms with Crippen molar-refractivity contribution in [2.45, 2.75) is 59.3 Å². The number of rotatable bonds is 6. The summed E-state index contributed by atoms with van der Waals surface area (Å²) >= 11 is 2.51. The summed E-state index contributed by atoms with van der Waals surface area (Å²) in [4.78, 5) is 9.33. The average molecular weight is 927 g/mol. The van der Waals surface area contributed by atoms with Crippen LogP contribution in [-0.2, 0) is 30.2 Å². The Bertz CT molecular complexity index is 3020. The van der Waals surface area contributed by atoms with Gasteiger partial charge in [-0.2, -0.15) is 0 Å². The van der Waals surface area contributed by atoms with Crippen LogP contribution in [0.15, 0.2) is 146 Å². The van der Waals surface area contributed by atoms with Crippen LogP contribution in [0.25, 0.3) is 61.2 Å². The average Bonchev–Trinajstić information content (AvgIpc) is 3.68. The zero-order chi connectivity index (χ0) is 39.6. The third kappa shape index (κ3) is 6.46. The molecule has 7 heteroatoms. The van der Waals surface area contributed by atoms with E-state index >= 15 is 0 Å². The molecule has 0 aliphatic heterocycles. The van der Waals surface area contributed by atoms with Crippen molar-refractivity contribution in [1.82, 2.24) is 23.7 Å². The van der Waals surface area contributed by atoms with Crippen molar-refractivity contribution >= 4 is 32.8 Å². The Morgan fingerprint density at radius 1 is 0.561 bits per heavy atom. The SMILES string of the molecule is Cc1cc(-n2c3ccccc3c3ccc(Oc4cccc(-n5[c](=[Pt])n(-c6c(C(C)(C)C)cccc6C(C)(C)C)c6ccccc65)c4)cc32)ncc1-c1cccnc1. The molecular formula is C50H45N5OPt. The molecule has 0 N–H and O–H groups in total. The third-order valence-electron chi connectivity index (χ3n) is 10.8. The molecule has 0 saturated heterocycles. The smallest absolute Gasteiger partial charge is 0.264 e. The van der Waals surface area contributed by atoms with E-state index in [1.165, 1.54) is 22.2 Å². The Morgan fingerprint density at radius 2 is 1.21 bits per heavy atom. The molecule has 0 fully saturated rings. The standard InChI is InChI=1S/C50H45N5O.Pt/c1-33-27-47(52-31-40(33)34-15-14-26-51-30-34)55-43-21-9-8-18-38(43)39-25-24-37(29-46(39)55)56-36-17-12-16-35(28-36)53-32-54(45-23-11-10-22-44(45)53)48-41(49(2,3)4)19-13-20-42(48)50(5,6)7;/h8-31H,1-7H3;. The first-order valence-corrected chi connectivity index (χ1v) is 20.5. The van der Waals surface area contributed by atoms with Crippen molar-refractivity contribution in [1.29, 1.82) is 0 Å². The summed E-state index contributed by atoms with van der Waals surface area (Å²) in [5, 5.41) is 2.31. The van der Waals surface area contributed by atoms with Crippen molar-refractivity contribution in [3.8, 4) is 39.8 Å². The molecule has 0 unspecified atom stereocenters. The van der Waals surface area contributed by atoms with Gasteiger partial charge in [0.1, 0.15) is 0 Å². The molecule has 4 heterocycles. The maximum atomic E-state index is 6.74. The minimum atomic E-state index is -0.0606. The molecule has 9 rings (SSSR count). The molecule has 0 amide bonds. The molecule has 0 atom stereocenters. The van der Waals surface area contributed by atoms with Crippen molar-refractivity contribution in [2.24, 2.45) is 0 Å². The summed E-state index contributed by atoms with van der Waals surface area (Å²) in [6.45, 7) is 16.0. The summed E-state index contributed by atoms with van der Waals surface area (Å²) in [6.07, 6.45) is 5.63. The Kier molecular flexibility index (Phi) is 9.01. The van der Waals surface area contributed by atoms with Crippen LogP contribution in [0, 0.1) is 10.7 Å². The van der Waals surface area contributed by atoms with Gasteiger partial charge in [-0.15, -0.1) is 0 Å². The van der Waals surface area contributed by atoms with Crippen LogP contribution < -0.4 is 4.74 Å². The number of fused-ring (bicyclic) bond motifs is 4. The molecule has 57 heavy (non-hydrogen) atoms. The van der Waals surface area contributed by atoms with Crippen LogP contribution in [0.5, 0.6) is 11.5 Å². The monoisotopic (exact) mass is 926 g/mol. The van der Waals surface area contributed by atoms with E-state index in [0.717, 1.165) is 71.0 Å². The number of hydrogen-bond acceptors (Lipinski definition) is 3. The second kappa shape index (κ2) is 14.0. The van der Waals surface area contributed by atoms with Crippen LogP contribution in [0.3, 0.4) is 0 Å². The van der Waals surface area contributed by atoms with Gasteiger partial charge in [0.25, 0.3) is 0 Å². The minimum Gasteiger partial charge on any atom is -0.264 e. The van der Waals surface area contributed by atoms with E-state index in [2.05, 4.69) is 202 Å². The fourth-order valence-electron chi connectivity index (χ4n) is 8.14. The number of nitrogens with zero attached hydrogens (tertiary/aromatic N) is 5. The number of aromatic nitrogens is 5. The molecule has 4 aromatic heterocycles. The molecule has 9 aromatic rings. The van der Waals surface area contributed by atoms with Gasteiger partial charge in [-0.1, -0.05) is 18.2 Å². The van der Waals surface area contributed by atoms with Crippen molar-refractivity contribution in [2.75, 3.05) is 0 Å². The summed E-state index contributed by atoms with van der Waals surface area (Å²) in [5.41, 5.74) is 12.5. The van der Waals surface area contributed by atoms with Gasteiger partial charge in [-0.05, 0) is 18.6 Å². The molecule has 0 aliphatic rings. The van der Waals surface area contributed by atoms with Gasteiger partial charge in [-0.3, -0.25) is 4.98 Å². The van der Waals surface area contributed by atoms with Gasteiger partial charge in [0.2, 0.25) is 0 Å². The first-order valence-electron chi connectivity index (χ1n) is 19.4. The minimum absolute atomic E-state index is 0.0606. The molecule has 0 saturated carbocycles. The van der Waals surface area contributed by atoms with E-state index in [1.54, 1.807) is 6.20 Å². The van der Waals surface area contributed by atoms with Gasteiger partial charge < -0.3 is 0 Å². The fraction of sp³-hybridized carbons (Fsp3) is 0.180. The third-order valence-corrected chi connectivity index (χ3v) is 11.9. The number of ether oxygens (including phenoxy) is 1. The molecule has 0 spiro atoms.